The van der Waals surface area contributed by atoms with Crippen LogP contribution in [0.1, 0.15) is 62.6 Å². The van der Waals surface area contributed by atoms with Gasteiger partial charge in [-0.2, -0.15) is 0 Å². The molecule has 205 valence electrons. The molecular weight excluding hydrogens is 669 g/mol. The minimum Gasteiger partial charge on any atom is -0.476 e. The monoisotopic (exact) mass is 708 g/mol. The second-order valence-electron chi connectivity index (χ2n) is 9.74. The molecule has 3 aromatic carbocycles. The van der Waals surface area contributed by atoms with Gasteiger partial charge in [-0.1, -0.05) is 92.9 Å². The summed E-state index contributed by atoms with van der Waals surface area (Å²) in [5.41, 5.74) is 6.37. The maximum atomic E-state index is 8.15. The summed E-state index contributed by atoms with van der Waals surface area (Å²) in [5.74, 6) is 0.624. The maximum absolute atomic E-state index is 8.15. The molecular formula is C36H34IrN2O-2. The van der Waals surface area contributed by atoms with Crippen molar-refractivity contribution in [2.75, 3.05) is 0 Å². The van der Waals surface area contributed by atoms with E-state index in [0.29, 0.717) is 17.1 Å². The van der Waals surface area contributed by atoms with Gasteiger partial charge in [0.1, 0.15) is 5.58 Å². The van der Waals surface area contributed by atoms with Crippen LogP contribution >= 0.6 is 0 Å². The Morgan fingerprint density at radius 3 is 2.58 bits per heavy atom. The van der Waals surface area contributed by atoms with Gasteiger partial charge in [0.2, 0.25) is 0 Å². The molecule has 6 aromatic rings. The second kappa shape index (κ2) is 13.7. The fourth-order valence-corrected chi connectivity index (χ4v) is 4.57. The summed E-state index contributed by atoms with van der Waals surface area (Å²) in [4.78, 5) is 8.46. The Bertz CT molecular complexity index is 1890. The average molecular weight is 708 g/mol. The molecule has 3 aromatic heterocycles. The van der Waals surface area contributed by atoms with E-state index in [-0.39, 0.29) is 43.4 Å². The maximum Gasteiger partial charge on any atom is 0.126 e. The van der Waals surface area contributed by atoms with Crippen LogP contribution in [-0.4, -0.2) is 9.97 Å². The summed E-state index contributed by atoms with van der Waals surface area (Å²) in [6, 6.07) is 27.7. The normalized spacial score (nSPS) is 13.6. The Balaban J connectivity index is 0.000000214. The van der Waals surface area contributed by atoms with Gasteiger partial charge in [-0.05, 0) is 47.7 Å². The molecule has 0 bridgehead atoms. The summed E-state index contributed by atoms with van der Waals surface area (Å²) in [5, 5.41) is 1.89. The second-order valence-corrected chi connectivity index (χ2v) is 9.74. The number of fused-ring (bicyclic) bond motifs is 3. The zero-order valence-corrected chi connectivity index (χ0v) is 25.2. The van der Waals surface area contributed by atoms with E-state index in [1.165, 1.54) is 24.8 Å². The summed E-state index contributed by atoms with van der Waals surface area (Å²) in [6.07, 6.45) is 6.78. The number of furan rings is 1. The van der Waals surface area contributed by atoms with E-state index in [2.05, 4.69) is 54.1 Å². The van der Waals surface area contributed by atoms with E-state index in [1.807, 2.05) is 49.5 Å². The SMILES string of the molecule is CCCCC(C)c1c[c-]c(-c2ccccn2)cc1.[2H]c1c(C([2H])([2H])[2H])cnc(-c2[c-]cc3c(c2)oc2c(C)cccc23)c1[2H].[Ir]. The molecule has 0 spiro atoms. The van der Waals surface area contributed by atoms with E-state index in [9.17, 15) is 0 Å². The minimum atomic E-state index is -2.47. The van der Waals surface area contributed by atoms with Crippen LogP contribution in [0.15, 0.2) is 95.6 Å². The predicted molar refractivity (Wildman–Crippen MR) is 162 cm³/mol. The Labute approximate surface area is 258 Å². The third-order valence-corrected chi connectivity index (χ3v) is 6.86. The summed E-state index contributed by atoms with van der Waals surface area (Å²) < 4.78 is 44.4. The van der Waals surface area contributed by atoms with Gasteiger partial charge in [0.05, 0.1) is 8.32 Å². The van der Waals surface area contributed by atoms with Crippen molar-refractivity contribution in [1.29, 1.82) is 0 Å². The van der Waals surface area contributed by atoms with Crippen LogP contribution in [-0.2, 0) is 20.1 Å². The zero-order valence-electron chi connectivity index (χ0n) is 27.8. The van der Waals surface area contributed by atoms with Gasteiger partial charge in [0.15, 0.2) is 0 Å². The Morgan fingerprint density at radius 2 is 1.82 bits per heavy atom. The van der Waals surface area contributed by atoms with Gasteiger partial charge in [0, 0.05) is 36.6 Å². The van der Waals surface area contributed by atoms with E-state index in [1.54, 1.807) is 12.1 Å². The van der Waals surface area contributed by atoms with Crippen molar-refractivity contribution in [3.05, 3.63) is 120 Å². The van der Waals surface area contributed by atoms with Gasteiger partial charge < -0.3 is 14.4 Å². The number of aromatic nitrogens is 2. The molecule has 1 radical (unpaired) electrons. The molecule has 0 fully saturated rings. The third-order valence-electron chi connectivity index (χ3n) is 6.86. The number of rotatable bonds is 6. The van der Waals surface area contributed by atoms with Gasteiger partial charge in [-0.25, -0.2) is 0 Å². The molecule has 3 nitrogen and oxygen atoms in total. The molecule has 0 aliphatic heterocycles. The fraction of sp³-hybridized carbons (Fsp3) is 0.222. The first-order chi connectivity index (χ1) is 21.1. The molecule has 0 N–H and O–H groups in total. The number of aryl methyl sites for hydroxylation is 2. The van der Waals surface area contributed by atoms with Crippen LogP contribution in [0.4, 0.5) is 0 Å². The molecule has 0 saturated carbocycles. The molecule has 1 atom stereocenters. The molecule has 6 rings (SSSR count). The first-order valence-corrected chi connectivity index (χ1v) is 13.3. The standard InChI is InChI=1S/C19H14NO.C17H20N.Ir/c1-12-6-9-17(20-11-12)14-7-8-15-16-5-3-4-13(2)19(16)21-18(15)10-14;1-3-4-7-14(2)15-9-11-16(12-10-15)17-8-5-6-13-18-17;/h3-6,8-11H,1-2H3;5-6,8-11,13-14H,3-4,7H2,1-2H3;/q2*-1;/i1D3,6D,9D;;. The quantitative estimate of drug-likeness (QED) is 0.162. The number of unbranched alkanes of at least 4 members (excludes halogenated alkanes) is 1. The number of benzene rings is 3. The van der Waals surface area contributed by atoms with Gasteiger partial charge in [-0.15, -0.1) is 53.1 Å². The summed E-state index contributed by atoms with van der Waals surface area (Å²) in [6.45, 7) is 4.03. The van der Waals surface area contributed by atoms with Crippen molar-refractivity contribution < 1.29 is 31.4 Å². The molecule has 4 heteroatoms. The summed E-state index contributed by atoms with van der Waals surface area (Å²) >= 11 is 0. The van der Waals surface area contributed by atoms with Crippen molar-refractivity contribution in [3.63, 3.8) is 0 Å². The minimum absolute atomic E-state index is 0. The van der Waals surface area contributed by atoms with E-state index < -0.39 is 6.85 Å². The number of nitrogens with zero attached hydrogens (tertiary/aromatic N) is 2. The van der Waals surface area contributed by atoms with E-state index in [0.717, 1.165) is 39.4 Å². The number of hydrogen-bond acceptors (Lipinski definition) is 3. The van der Waals surface area contributed by atoms with E-state index in [4.69, 9.17) is 11.3 Å². The van der Waals surface area contributed by atoms with Crippen molar-refractivity contribution in [2.24, 2.45) is 0 Å². The number of pyridine rings is 2. The molecule has 0 aliphatic carbocycles. The Morgan fingerprint density at radius 1 is 0.950 bits per heavy atom. The topological polar surface area (TPSA) is 38.9 Å². The van der Waals surface area contributed by atoms with Crippen molar-refractivity contribution >= 4 is 21.9 Å². The average Bonchev–Trinajstić information content (AvgIpc) is 3.40. The summed E-state index contributed by atoms with van der Waals surface area (Å²) in [7, 11) is 0. The number of hydrogen-bond donors (Lipinski definition) is 0. The largest absolute Gasteiger partial charge is 0.476 e. The predicted octanol–water partition coefficient (Wildman–Crippen LogP) is 9.91. The molecule has 0 aliphatic rings. The van der Waals surface area contributed by atoms with Crippen LogP contribution in [0.2, 0.25) is 0 Å². The third kappa shape index (κ3) is 6.75. The van der Waals surface area contributed by atoms with Gasteiger partial charge >= 0.3 is 0 Å². The zero-order chi connectivity index (χ0) is 31.4. The molecule has 3 heterocycles. The Kier molecular flexibility index (Phi) is 7.90. The van der Waals surface area contributed by atoms with Crippen molar-refractivity contribution in [2.45, 2.75) is 52.8 Å². The fourth-order valence-electron chi connectivity index (χ4n) is 4.57. The smallest absolute Gasteiger partial charge is 0.126 e. The van der Waals surface area contributed by atoms with Crippen LogP contribution in [0, 0.1) is 25.9 Å². The molecule has 0 amide bonds. The van der Waals surface area contributed by atoms with Crippen LogP contribution in [0.25, 0.3) is 44.5 Å². The Hall–Kier alpha value is -3.59. The van der Waals surface area contributed by atoms with Crippen molar-refractivity contribution in [3.8, 4) is 22.5 Å². The van der Waals surface area contributed by atoms with Gasteiger partial charge in [-0.3, -0.25) is 0 Å². The van der Waals surface area contributed by atoms with Gasteiger partial charge in [0.25, 0.3) is 0 Å². The first-order valence-electron chi connectivity index (χ1n) is 15.8. The molecule has 0 saturated heterocycles. The van der Waals surface area contributed by atoms with Crippen LogP contribution < -0.4 is 0 Å². The van der Waals surface area contributed by atoms with E-state index >= 15 is 0 Å². The van der Waals surface area contributed by atoms with Crippen LogP contribution in [0.5, 0.6) is 0 Å². The van der Waals surface area contributed by atoms with Crippen molar-refractivity contribution in [1.82, 2.24) is 9.97 Å². The molecule has 1 unspecified atom stereocenters. The first kappa shape index (κ1) is 23.1. The number of para-hydroxylation sites is 1. The molecule has 40 heavy (non-hydrogen) atoms. The van der Waals surface area contributed by atoms with Crippen LogP contribution in [0.3, 0.4) is 0 Å².